The molecule has 1 aliphatic rings. The van der Waals surface area contributed by atoms with Crippen LogP contribution in [0.1, 0.15) is 40.0 Å². The summed E-state index contributed by atoms with van der Waals surface area (Å²) in [7, 11) is 0. The van der Waals surface area contributed by atoms with E-state index in [0.717, 1.165) is 25.3 Å². The lowest BCUT2D eigenvalue weighted by molar-refractivity contribution is 0.550. The largest absolute Gasteiger partial charge is 0.368 e. The van der Waals surface area contributed by atoms with E-state index >= 15 is 0 Å². The van der Waals surface area contributed by atoms with E-state index in [-0.39, 0.29) is 23.7 Å². The summed E-state index contributed by atoms with van der Waals surface area (Å²) in [5.41, 5.74) is 0. The van der Waals surface area contributed by atoms with E-state index in [9.17, 15) is 8.78 Å². The number of pyridine rings is 1. The molecule has 1 aliphatic heterocycles. The zero-order valence-corrected chi connectivity index (χ0v) is 11.7. The second-order valence-electron chi connectivity index (χ2n) is 5.05. The fourth-order valence-corrected chi connectivity index (χ4v) is 2.78. The highest BCUT2D eigenvalue weighted by atomic mass is 19.1. The van der Waals surface area contributed by atoms with Gasteiger partial charge in [-0.2, -0.15) is 0 Å². The fraction of sp³-hybridized carbons (Fsp3) is 0.643. The van der Waals surface area contributed by atoms with E-state index < -0.39 is 11.6 Å². The summed E-state index contributed by atoms with van der Waals surface area (Å²) in [6, 6.07) is 1.46. The van der Waals surface area contributed by atoms with Crippen LogP contribution in [0.4, 0.5) is 20.4 Å². The van der Waals surface area contributed by atoms with Crippen LogP contribution in [-0.4, -0.2) is 23.6 Å². The van der Waals surface area contributed by atoms with Gasteiger partial charge in [0.15, 0.2) is 23.3 Å². The van der Waals surface area contributed by atoms with E-state index in [1.165, 1.54) is 0 Å². The third kappa shape index (κ3) is 2.65. The van der Waals surface area contributed by atoms with Crippen LogP contribution in [0.15, 0.2) is 6.07 Å². The van der Waals surface area contributed by atoms with Crippen LogP contribution in [0.2, 0.25) is 0 Å². The van der Waals surface area contributed by atoms with Gasteiger partial charge < -0.3 is 10.2 Å². The van der Waals surface area contributed by atoms with Crippen molar-refractivity contribution in [1.29, 1.82) is 0 Å². The Kier molecular flexibility index (Phi) is 4.22. The highest BCUT2D eigenvalue weighted by Crippen LogP contribution is 2.33. The van der Waals surface area contributed by atoms with Crippen LogP contribution in [0.5, 0.6) is 0 Å². The first-order valence-corrected chi connectivity index (χ1v) is 6.96. The van der Waals surface area contributed by atoms with E-state index in [0.29, 0.717) is 6.54 Å². The zero-order valence-electron chi connectivity index (χ0n) is 11.7. The van der Waals surface area contributed by atoms with Crippen LogP contribution >= 0.6 is 0 Å². The predicted molar refractivity (Wildman–Crippen MR) is 73.6 cm³/mol. The van der Waals surface area contributed by atoms with Gasteiger partial charge in [-0.25, -0.2) is 13.8 Å². The number of hydrogen-bond donors (Lipinski definition) is 1. The van der Waals surface area contributed by atoms with Crippen molar-refractivity contribution >= 4 is 11.6 Å². The van der Waals surface area contributed by atoms with Gasteiger partial charge in [0.25, 0.3) is 0 Å². The van der Waals surface area contributed by atoms with Crippen molar-refractivity contribution in [3.8, 4) is 0 Å². The third-order valence-electron chi connectivity index (χ3n) is 3.76. The van der Waals surface area contributed by atoms with E-state index in [1.54, 1.807) is 0 Å². The van der Waals surface area contributed by atoms with Gasteiger partial charge in [-0.3, -0.25) is 0 Å². The summed E-state index contributed by atoms with van der Waals surface area (Å²) >= 11 is 0. The maximum atomic E-state index is 14.0. The third-order valence-corrected chi connectivity index (χ3v) is 3.76. The summed E-state index contributed by atoms with van der Waals surface area (Å²) in [5.74, 6) is -0.809. The first kappa shape index (κ1) is 14.0. The molecule has 5 heteroatoms. The molecule has 1 fully saturated rings. The molecule has 1 saturated heterocycles. The Hall–Kier alpha value is -1.39. The smallest absolute Gasteiger partial charge is 0.168 e. The monoisotopic (exact) mass is 269 g/mol. The van der Waals surface area contributed by atoms with Crippen molar-refractivity contribution in [2.24, 2.45) is 0 Å². The minimum Gasteiger partial charge on any atom is -0.368 e. The van der Waals surface area contributed by atoms with Crippen molar-refractivity contribution in [1.82, 2.24) is 4.98 Å². The average Bonchev–Trinajstić information content (AvgIpc) is 2.74. The number of nitrogens with zero attached hydrogens (tertiary/aromatic N) is 2. The Balaban J connectivity index is 2.40. The second-order valence-corrected chi connectivity index (χ2v) is 5.05. The van der Waals surface area contributed by atoms with Crippen LogP contribution in [0, 0.1) is 11.6 Å². The van der Waals surface area contributed by atoms with Crippen molar-refractivity contribution in [3.63, 3.8) is 0 Å². The van der Waals surface area contributed by atoms with Crippen LogP contribution < -0.4 is 10.2 Å². The van der Waals surface area contributed by atoms with Gasteiger partial charge in [-0.05, 0) is 33.1 Å². The molecule has 19 heavy (non-hydrogen) atoms. The quantitative estimate of drug-likeness (QED) is 0.906. The molecule has 1 aromatic heterocycles. The first-order valence-electron chi connectivity index (χ1n) is 6.96. The van der Waals surface area contributed by atoms with Crippen LogP contribution in [0.3, 0.4) is 0 Å². The number of nitrogens with one attached hydrogen (secondary N) is 1. The minimum atomic E-state index is -0.636. The molecule has 0 bridgehead atoms. The Morgan fingerprint density at radius 1 is 1.32 bits per heavy atom. The average molecular weight is 269 g/mol. The van der Waals surface area contributed by atoms with Crippen LogP contribution in [-0.2, 0) is 0 Å². The molecule has 0 amide bonds. The van der Waals surface area contributed by atoms with Gasteiger partial charge in [-0.1, -0.05) is 6.92 Å². The summed E-state index contributed by atoms with van der Waals surface area (Å²) < 4.78 is 27.6. The molecule has 0 spiro atoms. The van der Waals surface area contributed by atoms with Crippen molar-refractivity contribution in [3.05, 3.63) is 17.7 Å². The van der Waals surface area contributed by atoms with Gasteiger partial charge in [0.05, 0.1) is 0 Å². The van der Waals surface area contributed by atoms with E-state index in [4.69, 9.17) is 0 Å². The number of anilines is 2. The Labute approximate surface area is 113 Å². The van der Waals surface area contributed by atoms with Crippen LogP contribution in [0.25, 0.3) is 0 Å². The molecule has 0 saturated carbocycles. The van der Waals surface area contributed by atoms with Gasteiger partial charge in [-0.15, -0.1) is 0 Å². The molecular weight excluding hydrogens is 248 g/mol. The van der Waals surface area contributed by atoms with Gasteiger partial charge in [0.1, 0.15) is 0 Å². The number of halogens is 2. The summed E-state index contributed by atoms with van der Waals surface area (Å²) in [6.45, 7) is 6.56. The molecular formula is C14H21F2N3. The molecule has 0 aromatic carbocycles. The molecule has 2 heterocycles. The van der Waals surface area contributed by atoms with E-state index in [2.05, 4.69) is 24.1 Å². The normalized spacial score (nSPS) is 22.9. The Morgan fingerprint density at radius 2 is 2.05 bits per heavy atom. The Morgan fingerprint density at radius 3 is 2.68 bits per heavy atom. The number of aromatic nitrogens is 1. The lowest BCUT2D eigenvalue weighted by Gasteiger charge is -2.29. The first-order chi connectivity index (χ1) is 9.08. The standard InChI is InChI=1S/C14H21F2N3/c1-4-10-7-6-9(3)19(10)14-12(16)8-11(15)13(18-14)17-5-2/h8-10H,4-7H2,1-3H3,(H,17,18). The topological polar surface area (TPSA) is 28.2 Å². The second kappa shape index (κ2) is 5.72. The molecule has 0 aliphatic carbocycles. The van der Waals surface area contributed by atoms with Gasteiger partial charge in [0, 0.05) is 24.7 Å². The van der Waals surface area contributed by atoms with Gasteiger partial charge >= 0.3 is 0 Å². The maximum Gasteiger partial charge on any atom is 0.168 e. The lowest BCUT2D eigenvalue weighted by Crippen LogP contribution is -2.35. The molecule has 2 unspecified atom stereocenters. The summed E-state index contributed by atoms with van der Waals surface area (Å²) in [4.78, 5) is 6.15. The predicted octanol–water partition coefficient (Wildman–Crippen LogP) is 3.56. The molecule has 106 valence electrons. The SMILES string of the molecule is CCNc1nc(N2C(C)CCC2CC)c(F)cc1F. The molecule has 2 atom stereocenters. The van der Waals surface area contributed by atoms with Crippen molar-refractivity contribution in [2.45, 2.75) is 52.1 Å². The fourth-order valence-electron chi connectivity index (χ4n) is 2.78. The van der Waals surface area contributed by atoms with Crippen molar-refractivity contribution < 1.29 is 8.78 Å². The van der Waals surface area contributed by atoms with Gasteiger partial charge in [0.2, 0.25) is 0 Å². The summed E-state index contributed by atoms with van der Waals surface area (Å²) in [5, 5.41) is 2.84. The van der Waals surface area contributed by atoms with Crippen molar-refractivity contribution in [2.75, 3.05) is 16.8 Å². The molecule has 0 radical (unpaired) electrons. The maximum absolute atomic E-state index is 14.0. The number of hydrogen-bond acceptors (Lipinski definition) is 3. The number of rotatable bonds is 4. The highest BCUT2D eigenvalue weighted by molar-refractivity contribution is 5.51. The summed E-state index contributed by atoms with van der Waals surface area (Å²) in [6.07, 6.45) is 3.00. The lowest BCUT2D eigenvalue weighted by atomic mass is 10.1. The zero-order chi connectivity index (χ0) is 14.0. The molecule has 1 aromatic rings. The van der Waals surface area contributed by atoms with E-state index in [1.807, 2.05) is 11.8 Å². The highest BCUT2D eigenvalue weighted by Gasteiger charge is 2.32. The Bertz CT molecular complexity index is 451. The minimum absolute atomic E-state index is 0.132. The molecule has 1 N–H and O–H groups in total. The molecule has 3 nitrogen and oxygen atoms in total. The molecule has 2 rings (SSSR count).